The maximum Gasteiger partial charge on any atom is 0.213 e. The van der Waals surface area contributed by atoms with Crippen LogP contribution in [-0.2, 0) is 16.6 Å². The van der Waals surface area contributed by atoms with Crippen LogP contribution in [0.15, 0.2) is 11.1 Å². The summed E-state index contributed by atoms with van der Waals surface area (Å²) in [5, 5.41) is 10.7. The van der Waals surface area contributed by atoms with E-state index in [0.29, 0.717) is 31.5 Å². The number of hydrogen-bond acceptors (Lipinski definition) is 4. The predicted molar refractivity (Wildman–Crippen MR) is 125 cm³/mol. The molecule has 0 saturated heterocycles. The number of rotatable bonds is 11. The van der Waals surface area contributed by atoms with E-state index in [1.807, 2.05) is 25.5 Å². The molecule has 0 spiro atoms. The van der Waals surface area contributed by atoms with Crippen molar-refractivity contribution < 1.29 is 8.42 Å². The first-order chi connectivity index (χ1) is 12.9. The standard InChI is InChI=1S/C18H34N6O2S.HI/c1-4-19-18(20-9-6-11-24-16(3)13-15(2)23-24)21-10-12-27(25,26)22-14-17-7-5-8-17;/h13,17,22H,4-12,14H2,1-3H3,(H2,19,20,21);1H. The van der Waals surface area contributed by atoms with E-state index < -0.39 is 10.0 Å². The zero-order valence-corrected chi connectivity index (χ0v) is 20.3. The smallest absolute Gasteiger partial charge is 0.213 e. The van der Waals surface area contributed by atoms with Crippen molar-refractivity contribution in [2.45, 2.75) is 53.0 Å². The van der Waals surface area contributed by atoms with Crippen LogP contribution in [0.5, 0.6) is 0 Å². The number of nitrogens with zero attached hydrogens (tertiary/aromatic N) is 3. The topological polar surface area (TPSA) is 100 Å². The highest BCUT2D eigenvalue weighted by molar-refractivity contribution is 14.0. The Bertz CT molecular complexity index is 716. The summed E-state index contributed by atoms with van der Waals surface area (Å²) >= 11 is 0. The molecule has 1 aromatic heterocycles. The number of guanidine groups is 1. The average molecular weight is 526 g/mol. The van der Waals surface area contributed by atoms with E-state index in [-0.39, 0.29) is 29.7 Å². The van der Waals surface area contributed by atoms with Gasteiger partial charge in [0.25, 0.3) is 0 Å². The van der Waals surface area contributed by atoms with Crippen molar-refractivity contribution >= 4 is 40.0 Å². The Balaban J connectivity index is 0.00000392. The molecular weight excluding hydrogens is 491 g/mol. The molecule has 3 N–H and O–H groups in total. The van der Waals surface area contributed by atoms with Gasteiger partial charge in [-0.05, 0) is 52.0 Å². The van der Waals surface area contributed by atoms with Crippen LogP contribution < -0.4 is 15.4 Å². The molecule has 0 amide bonds. The van der Waals surface area contributed by atoms with Gasteiger partial charge >= 0.3 is 0 Å². The van der Waals surface area contributed by atoms with Gasteiger partial charge in [-0.1, -0.05) is 6.42 Å². The summed E-state index contributed by atoms with van der Waals surface area (Å²) < 4.78 is 28.8. The number of aryl methyl sites for hydroxylation is 3. The number of halogens is 1. The second kappa shape index (κ2) is 12.6. The number of nitrogens with one attached hydrogen (secondary N) is 3. The second-order valence-corrected chi connectivity index (χ2v) is 9.08. The van der Waals surface area contributed by atoms with E-state index in [9.17, 15) is 8.42 Å². The van der Waals surface area contributed by atoms with Gasteiger partial charge in [-0.3, -0.25) is 9.67 Å². The van der Waals surface area contributed by atoms with Gasteiger partial charge in [0.2, 0.25) is 10.0 Å². The summed E-state index contributed by atoms with van der Waals surface area (Å²) in [5.74, 6) is 1.23. The Kier molecular flexibility index (Phi) is 11.4. The second-order valence-electron chi connectivity index (χ2n) is 7.16. The quantitative estimate of drug-likeness (QED) is 0.177. The largest absolute Gasteiger partial charge is 0.357 e. The van der Waals surface area contributed by atoms with Crippen LogP contribution in [-0.4, -0.2) is 56.1 Å². The van der Waals surface area contributed by atoms with Gasteiger partial charge in [-0.25, -0.2) is 13.1 Å². The van der Waals surface area contributed by atoms with Crippen molar-refractivity contribution in [3.05, 3.63) is 17.5 Å². The molecule has 0 radical (unpaired) electrons. The summed E-state index contributed by atoms with van der Waals surface area (Å²) in [6, 6.07) is 2.06. The molecule has 1 fully saturated rings. The summed E-state index contributed by atoms with van der Waals surface area (Å²) in [4.78, 5) is 4.52. The molecule has 0 bridgehead atoms. The van der Waals surface area contributed by atoms with E-state index in [2.05, 4.69) is 31.5 Å². The Hall–Kier alpha value is -0.880. The molecule has 0 aliphatic heterocycles. The van der Waals surface area contributed by atoms with E-state index in [4.69, 9.17) is 0 Å². The lowest BCUT2D eigenvalue weighted by Gasteiger charge is -2.25. The van der Waals surface area contributed by atoms with E-state index in [1.165, 1.54) is 6.42 Å². The van der Waals surface area contributed by atoms with Crippen molar-refractivity contribution in [2.75, 3.05) is 31.9 Å². The lowest BCUT2D eigenvalue weighted by Crippen LogP contribution is -2.42. The first-order valence-corrected chi connectivity index (χ1v) is 11.6. The minimum atomic E-state index is -3.23. The maximum atomic E-state index is 12.0. The highest BCUT2D eigenvalue weighted by Gasteiger charge is 2.20. The van der Waals surface area contributed by atoms with Gasteiger partial charge in [-0.2, -0.15) is 5.10 Å². The van der Waals surface area contributed by atoms with Crippen LogP contribution in [0, 0.1) is 19.8 Å². The van der Waals surface area contributed by atoms with Gasteiger partial charge in [0.1, 0.15) is 0 Å². The van der Waals surface area contributed by atoms with Gasteiger partial charge < -0.3 is 10.6 Å². The van der Waals surface area contributed by atoms with Crippen LogP contribution in [0.2, 0.25) is 0 Å². The number of sulfonamides is 1. The van der Waals surface area contributed by atoms with E-state index in [1.54, 1.807) is 0 Å². The maximum absolute atomic E-state index is 12.0. The Morgan fingerprint density at radius 1 is 1.32 bits per heavy atom. The van der Waals surface area contributed by atoms with Crippen LogP contribution in [0.25, 0.3) is 0 Å². The first-order valence-electron chi connectivity index (χ1n) is 9.90. The molecule has 0 unspecified atom stereocenters. The Morgan fingerprint density at radius 2 is 2.07 bits per heavy atom. The van der Waals surface area contributed by atoms with Crippen LogP contribution in [0.4, 0.5) is 0 Å². The fourth-order valence-corrected chi connectivity index (χ4v) is 3.98. The fourth-order valence-electron chi connectivity index (χ4n) is 2.97. The molecule has 1 heterocycles. The number of hydrogen-bond donors (Lipinski definition) is 3. The van der Waals surface area contributed by atoms with Crippen LogP contribution in [0.1, 0.15) is 44.0 Å². The minimum absolute atomic E-state index is 0. The third kappa shape index (κ3) is 9.08. The van der Waals surface area contributed by atoms with Crippen molar-refractivity contribution in [3.8, 4) is 0 Å². The zero-order chi connectivity index (χ0) is 19.7. The van der Waals surface area contributed by atoms with Gasteiger partial charge in [0.05, 0.1) is 11.4 Å². The molecule has 0 aromatic carbocycles. The minimum Gasteiger partial charge on any atom is -0.357 e. The molecule has 1 aliphatic rings. The molecule has 1 saturated carbocycles. The molecule has 10 heteroatoms. The monoisotopic (exact) mass is 526 g/mol. The SMILES string of the molecule is CCNC(=NCCCn1nc(C)cc1C)NCCS(=O)(=O)NCC1CCC1.I. The van der Waals surface area contributed by atoms with E-state index in [0.717, 1.165) is 43.7 Å². The third-order valence-corrected chi connectivity index (χ3v) is 6.07. The lowest BCUT2D eigenvalue weighted by molar-refractivity contribution is 0.316. The Morgan fingerprint density at radius 3 is 2.64 bits per heavy atom. The average Bonchev–Trinajstić information content (AvgIpc) is 2.87. The lowest BCUT2D eigenvalue weighted by atomic mass is 9.86. The van der Waals surface area contributed by atoms with Crippen molar-refractivity contribution in [1.82, 2.24) is 25.1 Å². The summed E-state index contributed by atoms with van der Waals surface area (Å²) in [6.07, 6.45) is 4.36. The molecule has 2 rings (SSSR count). The van der Waals surface area contributed by atoms with Crippen molar-refractivity contribution in [3.63, 3.8) is 0 Å². The molecule has 1 aliphatic carbocycles. The van der Waals surface area contributed by atoms with Gasteiger partial charge in [-0.15, -0.1) is 24.0 Å². The number of aromatic nitrogens is 2. The van der Waals surface area contributed by atoms with E-state index >= 15 is 0 Å². The van der Waals surface area contributed by atoms with Crippen molar-refractivity contribution in [2.24, 2.45) is 10.9 Å². The molecule has 162 valence electrons. The highest BCUT2D eigenvalue weighted by Crippen LogP contribution is 2.25. The molecule has 8 nitrogen and oxygen atoms in total. The van der Waals surface area contributed by atoms with Gasteiger partial charge in [0.15, 0.2) is 5.96 Å². The predicted octanol–water partition coefficient (Wildman–Crippen LogP) is 1.78. The van der Waals surface area contributed by atoms with Crippen molar-refractivity contribution in [1.29, 1.82) is 0 Å². The molecule has 0 atom stereocenters. The zero-order valence-electron chi connectivity index (χ0n) is 17.2. The van der Waals surface area contributed by atoms with Gasteiger partial charge in [0, 0.05) is 38.4 Å². The summed E-state index contributed by atoms with van der Waals surface area (Å²) in [5.41, 5.74) is 2.18. The summed E-state index contributed by atoms with van der Waals surface area (Å²) in [6.45, 7) is 9.15. The first kappa shape index (κ1) is 25.2. The molecule has 1 aromatic rings. The Labute approximate surface area is 186 Å². The normalized spacial score (nSPS) is 15.0. The summed E-state index contributed by atoms with van der Waals surface area (Å²) in [7, 11) is -3.23. The van der Waals surface area contributed by atoms with Crippen LogP contribution >= 0.6 is 24.0 Å². The third-order valence-electron chi connectivity index (χ3n) is 4.73. The highest BCUT2D eigenvalue weighted by atomic mass is 127. The molecular formula is C18H35IN6O2S. The number of aliphatic imine (C=N–C) groups is 1. The van der Waals surface area contributed by atoms with Crippen LogP contribution in [0.3, 0.4) is 0 Å². The molecule has 28 heavy (non-hydrogen) atoms. The fraction of sp³-hybridized carbons (Fsp3) is 0.778.